The molecule has 1 aromatic rings. The summed E-state index contributed by atoms with van der Waals surface area (Å²) in [6, 6.07) is 1.87. The van der Waals surface area contributed by atoms with E-state index in [2.05, 4.69) is 15.3 Å². The van der Waals surface area contributed by atoms with Crippen LogP contribution < -0.4 is 5.32 Å². The molecule has 0 amide bonds. The summed E-state index contributed by atoms with van der Waals surface area (Å²) in [4.78, 5) is 6.88. The maximum absolute atomic E-state index is 5.49. The van der Waals surface area contributed by atoms with Gasteiger partial charge in [0.25, 0.3) is 0 Å². The summed E-state index contributed by atoms with van der Waals surface area (Å²) in [5.41, 5.74) is 0. The summed E-state index contributed by atoms with van der Waals surface area (Å²) in [7, 11) is 0. The summed E-state index contributed by atoms with van der Waals surface area (Å²) < 4.78 is 5.99. The molecular formula is C9H13N3OS. The molecule has 14 heavy (non-hydrogen) atoms. The highest BCUT2D eigenvalue weighted by Crippen LogP contribution is 2.12. The SMILES string of the molecule is S=c1nccc(NCC2CCCO2)[nH]1. The van der Waals surface area contributed by atoms with Gasteiger partial charge in [-0.05, 0) is 31.1 Å². The monoisotopic (exact) mass is 211 g/mol. The third-order valence-electron chi connectivity index (χ3n) is 2.22. The molecular weight excluding hydrogens is 198 g/mol. The minimum atomic E-state index is 0.338. The van der Waals surface area contributed by atoms with E-state index in [-0.39, 0.29) is 0 Å². The lowest BCUT2D eigenvalue weighted by Crippen LogP contribution is -2.18. The lowest BCUT2D eigenvalue weighted by atomic mass is 10.2. The van der Waals surface area contributed by atoms with Crippen LogP contribution in [0.25, 0.3) is 0 Å². The molecule has 4 nitrogen and oxygen atoms in total. The number of H-pyrrole nitrogens is 1. The molecule has 1 aliphatic rings. The van der Waals surface area contributed by atoms with Gasteiger partial charge in [0, 0.05) is 19.3 Å². The Morgan fingerprint density at radius 2 is 2.64 bits per heavy atom. The van der Waals surface area contributed by atoms with Crippen LogP contribution in [0.2, 0.25) is 0 Å². The highest BCUT2D eigenvalue weighted by Gasteiger charge is 2.14. The van der Waals surface area contributed by atoms with Gasteiger partial charge in [0.1, 0.15) is 5.82 Å². The normalized spacial score (nSPS) is 21.0. The molecule has 76 valence electrons. The lowest BCUT2D eigenvalue weighted by Gasteiger charge is -2.11. The Balaban J connectivity index is 1.88. The fraction of sp³-hybridized carbons (Fsp3) is 0.556. The van der Waals surface area contributed by atoms with Crippen molar-refractivity contribution in [3.05, 3.63) is 17.0 Å². The highest BCUT2D eigenvalue weighted by molar-refractivity contribution is 7.71. The Kier molecular flexibility index (Phi) is 3.10. The summed E-state index contributed by atoms with van der Waals surface area (Å²) >= 11 is 4.91. The van der Waals surface area contributed by atoms with Crippen LogP contribution >= 0.6 is 12.2 Å². The molecule has 1 aromatic heterocycles. The van der Waals surface area contributed by atoms with Crippen molar-refractivity contribution in [3.8, 4) is 0 Å². The molecule has 0 aromatic carbocycles. The van der Waals surface area contributed by atoms with Crippen molar-refractivity contribution in [2.45, 2.75) is 18.9 Å². The van der Waals surface area contributed by atoms with Gasteiger partial charge in [-0.15, -0.1) is 0 Å². The van der Waals surface area contributed by atoms with E-state index in [4.69, 9.17) is 17.0 Å². The fourth-order valence-corrected chi connectivity index (χ4v) is 1.67. The molecule has 2 rings (SSSR count). The van der Waals surface area contributed by atoms with Gasteiger partial charge in [-0.1, -0.05) is 0 Å². The second-order valence-corrected chi connectivity index (χ2v) is 3.69. The van der Waals surface area contributed by atoms with Crippen LogP contribution in [-0.2, 0) is 4.74 Å². The van der Waals surface area contributed by atoms with Gasteiger partial charge < -0.3 is 15.0 Å². The van der Waals surface area contributed by atoms with Crippen molar-refractivity contribution in [1.29, 1.82) is 0 Å². The second kappa shape index (κ2) is 4.52. The fourth-order valence-electron chi connectivity index (χ4n) is 1.50. The first-order chi connectivity index (χ1) is 6.84. The number of nitrogens with one attached hydrogen (secondary N) is 2. The zero-order valence-corrected chi connectivity index (χ0v) is 8.64. The first-order valence-corrected chi connectivity index (χ1v) is 5.16. The molecule has 2 heterocycles. The predicted octanol–water partition coefficient (Wildman–Crippen LogP) is 1.73. The van der Waals surface area contributed by atoms with Crippen LogP contribution in [0.4, 0.5) is 5.82 Å². The van der Waals surface area contributed by atoms with E-state index in [9.17, 15) is 0 Å². The Hall–Kier alpha value is -0.940. The number of aromatic amines is 1. The summed E-state index contributed by atoms with van der Waals surface area (Å²) in [6.45, 7) is 1.72. The van der Waals surface area contributed by atoms with Crippen molar-refractivity contribution < 1.29 is 4.74 Å². The third-order valence-corrected chi connectivity index (χ3v) is 2.43. The Morgan fingerprint density at radius 1 is 1.71 bits per heavy atom. The molecule has 0 saturated carbocycles. The smallest absolute Gasteiger partial charge is 0.198 e. The van der Waals surface area contributed by atoms with Crippen molar-refractivity contribution in [2.24, 2.45) is 0 Å². The molecule has 1 unspecified atom stereocenters. The summed E-state index contributed by atoms with van der Waals surface area (Å²) in [5, 5.41) is 3.24. The van der Waals surface area contributed by atoms with Crippen LogP contribution in [0, 0.1) is 4.77 Å². The summed E-state index contributed by atoms with van der Waals surface area (Å²) in [6.07, 6.45) is 4.33. The van der Waals surface area contributed by atoms with Crippen LogP contribution in [0.15, 0.2) is 12.3 Å². The Labute approximate surface area is 87.7 Å². The molecule has 1 saturated heterocycles. The predicted molar refractivity (Wildman–Crippen MR) is 56.9 cm³/mol. The van der Waals surface area contributed by atoms with E-state index in [1.807, 2.05) is 6.07 Å². The minimum Gasteiger partial charge on any atom is -0.376 e. The van der Waals surface area contributed by atoms with E-state index < -0.39 is 0 Å². The van der Waals surface area contributed by atoms with Gasteiger partial charge in [0.05, 0.1) is 6.10 Å². The molecule has 0 bridgehead atoms. The van der Waals surface area contributed by atoms with Crippen molar-refractivity contribution >= 4 is 18.0 Å². The van der Waals surface area contributed by atoms with Gasteiger partial charge in [-0.3, -0.25) is 0 Å². The van der Waals surface area contributed by atoms with Crippen LogP contribution in [0.3, 0.4) is 0 Å². The molecule has 1 aliphatic heterocycles. The van der Waals surface area contributed by atoms with E-state index in [1.54, 1.807) is 6.20 Å². The average molecular weight is 211 g/mol. The highest BCUT2D eigenvalue weighted by atomic mass is 32.1. The van der Waals surface area contributed by atoms with Gasteiger partial charge in [-0.2, -0.15) is 0 Å². The molecule has 0 radical (unpaired) electrons. The number of rotatable bonds is 3. The van der Waals surface area contributed by atoms with Gasteiger partial charge >= 0.3 is 0 Å². The average Bonchev–Trinajstić information content (AvgIpc) is 2.67. The summed E-state index contributed by atoms with van der Waals surface area (Å²) in [5.74, 6) is 0.903. The quantitative estimate of drug-likeness (QED) is 0.748. The number of hydrogen-bond acceptors (Lipinski definition) is 4. The molecule has 0 aliphatic carbocycles. The number of anilines is 1. The number of hydrogen-bond donors (Lipinski definition) is 2. The minimum absolute atomic E-state index is 0.338. The van der Waals surface area contributed by atoms with E-state index >= 15 is 0 Å². The van der Waals surface area contributed by atoms with E-state index in [0.717, 1.165) is 25.4 Å². The third kappa shape index (κ3) is 2.52. The molecule has 1 atom stereocenters. The van der Waals surface area contributed by atoms with Gasteiger partial charge in [-0.25, -0.2) is 4.98 Å². The zero-order chi connectivity index (χ0) is 9.80. The standard InChI is InChI=1S/C9H13N3OS/c14-9-10-4-3-8(12-9)11-6-7-2-1-5-13-7/h3-4,7H,1-2,5-6H2,(H2,10,11,12,14). The topological polar surface area (TPSA) is 49.9 Å². The van der Waals surface area contributed by atoms with Crippen LogP contribution in [0.5, 0.6) is 0 Å². The second-order valence-electron chi connectivity index (χ2n) is 3.30. The maximum atomic E-state index is 5.49. The number of nitrogens with zero attached hydrogens (tertiary/aromatic N) is 1. The Bertz CT molecular complexity index is 346. The van der Waals surface area contributed by atoms with Crippen LogP contribution in [-0.4, -0.2) is 29.2 Å². The van der Waals surface area contributed by atoms with E-state index in [0.29, 0.717) is 10.9 Å². The molecule has 1 fully saturated rings. The first kappa shape index (κ1) is 9.61. The van der Waals surface area contributed by atoms with Crippen molar-refractivity contribution in [3.63, 3.8) is 0 Å². The van der Waals surface area contributed by atoms with Gasteiger partial charge in [0.15, 0.2) is 4.77 Å². The van der Waals surface area contributed by atoms with Crippen molar-refractivity contribution in [1.82, 2.24) is 9.97 Å². The Morgan fingerprint density at radius 3 is 3.36 bits per heavy atom. The zero-order valence-electron chi connectivity index (χ0n) is 7.82. The van der Waals surface area contributed by atoms with Crippen molar-refractivity contribution in [2.75, 3.05) is 18.5 Å². The number of aromatic nitrogens is 2. The molecule has 0 spiro atoms. The lowest BCUT2D eigenvalue weighted by molar-refractivity contribution is 0.120. The molecule has 2 N–H and O–H groups in total. The van der Waals surface area contributed by atoms with Gasteiger partial charge in [0.2, 0.25) is 0 Å². The van der Waals surface area contributed by atoms with E-state index in [1.165, 1.54) is 6.42 Å². The largest absolute Gasteiger partial charge is 0.376 e. The maximum Gasteiger partial charge on any atom is 0.198 e. The first-order valence-electron chi connectivity index (χ1n) is 4.75. The molecule has 5 heteroatoms. The number of ether oxygens (including phenoxy) is 1. The van der Waals surface area contributed by atoms with Crippen LogP contribution in [0.1, 0.15) is 12.8 Å².